The van der Waals surface area contributed by atoms with Gasteiger partial charge in [-0.05, 0) is 35.6 Å². The van der Waals surface area contributed by atoms with E-state index in [1.807, 2.05) is 0 Å². The predicted molar refractivity (Wildman–Crippen MR) is 120 cm³/mol. The molecule has 0 fully saturated rings. The molecular weight excluding hydrogens is 331 g/mol. The van der Waals surface area contributed by atoms with E-state index in [0.29, 0.717) is 0 Å². The summed E-state index contributed by atoms with van der Waals surface area (Å²) in [7, 11) is 0. The van der Waals surface area contributed by atoms with Crippen LogP contribution in [0.3, 0.4) is 0 Å². The van der Waals surface area contributed by atoms with E-state index in [4.69, 9.17) is 0 Å². The van der Waals surface area contributed by atoms with Crippen LogP contribution in [-0.4, -0.2) is 5.80 Å². The summed E-state index contributed by atoms with van der Waals surface area (Å²) in [6, 6.07) is 33.3. The number of hydrogen-bond acceptors (Lipinski definition) is 0. The van der Waals surface area contributed by atoms with Gasteiger partial charge in [-0.2, -0.15) is 0 Å². The second kappa shape index (κ2) is 9.60. The highest BCUT2D eigenvalue weighted by atomic mass is 31.2. The molecule has 3 aromatic rings. The van der Waals surface area contributed by atoms with Gasteiger partial charge in [0.25, 0.3) is 0 Å². The van der Waals surface area contributed by atoms with Crippen molar-refractivity contribution in [2.45, 2.75) is 39.0 Å². The van der Waals surface area contributed by atoms with E-state index < -0.39 is 6.89 Å². The van der Waals surface area contributed by atoms with Crippen LogP contribution in [0.15, 0.2) is 91.0 Å². The molecule has 0 aromatic heterocycles. The molecule has 134 valence electrons. The van der Waals surface area contributed by atoms with E-state index in [9.17, 15) is 0 Å². The summed E-state index contributed by atoms with van der Waals surface area (Å²) in [6.07, 6.45) is 6.40. The lowest BCUT2D eigenvalue weighted by Crippen LogP contribution is -2.26. The third-order valence-electron chi connectivity index (χ3n) is 4.95. The van der Waals surface area contributed by atoms with Crippen molar-refractivity contribution in [3.63, 3.8) is 0 Å². The summed E-state index contributed by atoms with van der Waals surface area (Å²) < 4.78 is 0. The third-order valence-corrected chi connectivity index (χ3v) is 9.09. The molecule has 3 aromatic carbocycles. The van der Waals surface area contributed by atoms with E-state index in [0.717, 1.165) is 0 Å². The van der Waals surface area contributed by atoms with E-state index in [1.165, 1.54) is 48.0 Å². The molecule has 0 aliphatic carbocycles. The first-order valence-corrected chi connectivity index (χ1v) is 11.6. The molecule has 0 saturated carbocycles. The zero-order chi connectivity index (χ0) is 18.1. The van der Waals surface area contributed by atoms with Gasteiger partial charge in [0.05, 0.1) is 0 Å². The van der Waals surface area contributed by atoms with E-state index in [1.54, 1.807) is 0 Å². The van der Waals surface area contributed by atoms with Gasteiger partial charge in [-0.3, -0.25) is 0 Å². The van der Waals surface area contributed by atoms with E-state index in [-0.39, 0.29) is 0 Å². The van der Waals surface area contributed by atoms with Crippen molar-refractivity contribution in [1.82, 2.24) is 0 Å². The van der Waals surface area contributed by atoms with Crippen LogP contribution >= 0.6 is 6.89 Å². The van der Waals surface area contributed by atoms with Crippen LogP contribution in [0.1, 0.15) is 39.0 Å². The molecule has 0 bridgehead atoms. The van der Waals surface area contributed by atoms with Crippen molar-refractivity contribution < 1.29 is 0 Å². The largest absolute Gasteiger partial charge is 0.0742 e. The van der Waals surface area contributed by atoms with Gasteiger partial charge >= 0.3 is 0 Å². The van der Waals surface area contributed by atoms with Gasteiger partial charge in [-0.25, -0.2) is 0 Å². The minimum Gasteiger partial charge on any atom is -0.0742 e. The Morgan fingerprint density at radius 1 is 0.577 bits per heavy atom. The Kier molecular flexibility index (Phi) is 6.92. The standard InChI is InChI=1S/C25H29P/c1-2-3-4-5-15-22-26(23-16-9-6-10-17-23,24-18-11-7-12-19-24)25-20-13-8-14-21-25/h6-14,16-22H,2-5,15H2,1H3. The van der Waals surface area contributed by atoms with Crippen LogP contribution in [-0.2, 0) is 0 Å². The Morgan fingerprint density at radius 3 is 1.38 bits per heavy atom. The fourth-order valence-corrected chi connectivity index (χ4v) is 7.63. The molecule has 0 heterocycles. The molecule has 0 unspecified atom stereocenters. The summed E-state index contributed by atoms with van der Waals surface area (Å²) in [4.78, 5) is 0. The zero-order valence-electron chi connectivity index (χ0n) is 15.7. The smallest absolute Gasteiger partial charge is 0.0163 e. The van der Waals surface area contributed by atoms with Crippen LogP contribution in [0.25, 0.3) is 0 Å². The van der Waals surface area contributed by atoms with Crippen molar-refractivity contribution in [1.29, 1.82) is 0 Å². The van der Waals surface area contributed by atoms with Crippen LogP contribution < -0.4 is 15.9 Å². The van der Waals surface area contributed by atoms with Crippen LogP contribution in [0.5, 0.6) is 0 Å². The van der Waals surface area contributed by atoms with E-state index >= 15 is 0 Å². The maximum Gasteiger partial charge on any atom is -0.0163 e. The molecule has 0 atom stereocenters. The Labute approximate surface area is 158 Å². The van der Waals surface area contributed by atoms with Crippen LogP contribution in [0.4, 0.5) is 0 Å². The average Bonchev–Trinajstić information content (AvgIpc) is 2.73. The summed E-state index contributed by atoms with van der Waals surface area (Å²) in [5.41, 5.74) is 0. The molecule has 26 heavy (non-hydrogen) atoms. The molecular formula is C25H29P. The van der Waals surface area contributed by atoms with Gasteiger partial charge in [0.2, 0.25) is 0 Å². The normalized spacial score (nSPS) is 11.3. The minimum absolute atomic E-state index is 1.17. The molecule has 0 aliphatic rings. The molecule has 0 saturated heterocycles. The number of benzene rings is 3. The Bertz CT molecular complexity index is 716. The van der Waals surface area contributed by atoms with Crippen molar-refractivity contribution in [3.05, 3.63) is 91.0 Å². The zero-order valence-corrected chi connectivity index (χ0v) is 16.6. The lowest BCUT2D eigenvalue weighted by Gasteiger charge is -2.29. The first kappa shape index (κ1) is 18.7. The third kappa shape index (κ3) is 4.19. The van der Waals surface area contributed by atoms with E-state index in [2.05, 4.69) is 104 Å². The fourth-order valence-electron chi connectivity index (χ4n) is 3.61. The highest BCUT2D eigenvalue weighted by molar-refractivity contribution is 7.94. The van der Waals surface area contributed by atoms with Crippen LogP contribution in [0, 0.1) is 0 Å². The average molecular weight is 360 g/mol. The number of rotatable bonds is 8. The van der Waals surface area contributed by atoms with Gasteiger partial charge in [-0.1, -0.05) is 123 Å². The Hall–Kier alpha value is -2.04. The van der Waals surface area contributed by atoms with Gasteiger partial charge in [-0.15, -0.1) is 0 Å². The molecule has 3 rings (SSSR count). The molecule has 0 amide bonds. The molecule has 0 N–H and O–H groups in total. The number of hydrogen-bond donors (Lipinski definition) is 0. The fraction of sp³-hybridized carbons (Fsp3) is 0.240. The highest BCUT2D eigenvalue weighted by Gasteiger charge is 2.24. The summed E-state index contributed by atoms with van der Waals surface area (Å²) in [5, 5.41) is 4.36. The first-order chi connectivity index (χ1) is 12.9. The molecule has 0 radical (unpaired) electrons. The van der Waals surface area contributed by atoms with Crippen molar-refractivity contribution in [3.8, 4) is 0 Å². The number of unbranched alkanes of at least 4 members (excludes halogenated alkanes) is 4. The molecule has 0 nitrogen and oxygen atoms in total. The first-order valence-electron chi connectivity index (χ1n) is 9.78. The van der Waals surface area contributed by atoms with Crippen molar-refractivity contribution >= 4 is 28.6 Å². The second-order valence-electron chi connectivity index (χ2n) is 6.76. The molecule has 0 aliphatic heterocycles. The monoisotopic (exact) mass is 360 g/mol. The van der Waals surface area contributed by atoms with Crippen LogP contribution in [0.2, 0.25) is 0 Å². The quantitative estimate of drug-likeness (QED) is 0.354. The SMILES string of the molecule is CCCCCCC=P(c1ccccc1)(c1ccccc1)c1ccccc1. The van der Waals surface area contributed by atoms with Gasteiger partial charge in [0.15, 0.2) is 0 Å². The Morgan fingerprint density at radius 2 is 1.00 bits per heavy atom. The van der Waals surface area contributed by atoms with Crippen molar-refractivity contribution in [2.24, 2.45) is 0 Å². The minimum atomic E-state index is -1.73. The Balaban J connectivity index is 2.17. The lowest BCUT2D eigenvalue weighted by atomic mass is 10.2. The van der Waals surface area contributed by atoms with Crippen molar-refractivity contribution in [2.75, 3.05) is 0 Å². The summed E-state index contributed by atoms with van der Waals surface area (Å²) in [6.45, 7) is 0.550. The van der Waals surface area contributed by atoms with Gasteiger partial charge in [0.1, 0.15) is 0 Å². The summed E-state index contributed by atoms with van der Waals surface area (Å²) >= 11 is 0. The van der Waals surface area contributed by atoms with Gasteiger partial charge in [0, 0.05) is 0 Å². The highest BCUT2D eigenvalue weighted by Crippen LogP contribution is 2.44. The second-order valence-corrected chi connectivity index (χ2v) is 10.1. The maximum absolute atomic E-state index is 2.66. The lowest BCUT2D eigenvalue weighted by molar-refractivity contribution is 0.687. The predicted octanol–water partition coefficient (Wildman–Crippen LogP) is 5.75. The summed E-state index contributed by atoms with van der Waals surface area (Å²) in [5.74, 6) is 2.66. The van der Waals surface area contributed by atoms with Gasteiger partial charge < -0.3 is 0 Å². The molecule has 0 spiro atoms. The maximum atomic E-state index is 2.66. The molecule has 1 heteroatoms. The topological polar surface area (TPSA) is 0 Å².